The summed E-state index contributed by atoms with van der Waals surface area (Å²) < 4.78 is 39.7. The maximum atomic E-state index is 12.8. The molecule has 0 bridgehead atoms. The maximum absolute atomic E-state index is 12.8. The monoisotopic (exact) mass is 394 g/mol. The average molecular weight is 394 g/mol. The van der Waals surface area contributed by atoms with Crippen LogP contribution in [0.4, 0.5) is 18.3 Å². The Morgan fingerprint density at radius 2 is 2.00 bits per heavy atom. The smallest absolute Gasteiger partial charge is 0.310 e. The van der Waals surface area contributed by atoms with Crippen LogP contribution in [0.2, 0.25) is 0 Å². The van der Waals surface area contributed by atoms with E-state index >= 15 is 0 Å². The zero-order chi connectivity index (χ0) is 19.6. The van der Waals surface area contributed by atoms with Crippen molar-refractivity contribution in [2.24, 2.45) is 0 Å². The number of aryl methyl sites for hydroxylation is 1. The number of carbonyl (C=O) groups excluding carboxylic acids is 1. The van der Waals surface area contributed by atoms with Gasteiger partial charge in [0.1, 0.15) is 10.6 Å². The second kappa shape index (κ2) is 7.31. The van der Waals surface area contributed by atoms with Crippen LogP contribution in [-0.2, 0) is 12.7 Å². The Labute approximate surface area is 155 Å². The topological polar surface area (TPSA) is 76.9 Å². The van der Waals surface area contributed by atoms with Crippen molar-refractivity contribution in [2.75, 3.05) is 5.32 Å². The first kappa shape index (κ1) is 18.8. The molecule has 0 saturated heterocycles. The molecule has 6 nitrogen and oxygen atoms in total. The lowest BCUT2D eigenvalue weighted by Crippen LogP contribution is -2.29. The molecule has 0 aliphatic rings. The fraction of sp³-hybridized carbons (Fsp3) is 0.176. The van der Waals surface area contributed by atoms with E-state index in [4.69, 9.17) is 0 Å². The first-order chi connectivity index (χ1) is 12.7. The Morgan fingerprint density at radius 1 is 1.22 bits per heavy atom. The summed E-state index contributed by atoms with van der Waals surface area (Å²) in [4.78, 5) is 24.8. The molecule has 0 radical (unpaired) electrons. The largest absolute Gasteiger partial charge is 0.416 e. The number of anilines is 1. The SMILES string of the molecule is Cc1nnc(NC(=O)c2cccn(Cc3cccc(C(F)(F)F)c3)c2=O)s1. The lowest BCUT2D eigenvalue weighted by Gasteiger charge is -2.11. The summed E-state index contributed by atoms with van der Waals surface area (Å²) in [6.07, 6.45) is -3.06. The van der Waals surface area contributed by atoms with Gasteiger partial charge < -0.3 is 4.57 Å². The number of pyridine rings is 1. The molecule has 0 atom stereocenters. The third-order valence-corrected chi connectivity index (χ3v) is 4.37. The van der Waals surface area contributed by atoms with Crippen LogP contribution in [0.3, 0.4) is 0 Å². The summed E-state index contributed by atoms with van der Waals surface area (Å²) in [5.41, 5.74) is -1.26. The van der Waals surface area contributed by atoms with E-state index in [0.717, 1.165) is 23.5 Å². The van der Waals surface area contributed by atoms with Crippen LogP contribution < -0.4 is 10.9 Å². The number of halogens is 3. The van der Waals surface area contributed by atoms with Gasteiger partial charge in [-0.1, -0.05) is 23.5 Å². The molecule has 1 N–H and O–H groups in total. The van der Waals surface area contributed by atoms with E-state index in [1.54, 1.807) is 6.92 Å². The first-order valence-corrected chi connectivity index (χ1v) is 8.53. The van der Waals surface area contributed by atoms with E-state index in [1.807, 2.05) is 0 Å². The normalized spacial score (nSPS) is 11.4. The Morgan fingerprint density at radius 3 is 2.67 bits per heavy atom. The molecule has 0 aliphatic carbocycles. The molecule has 0 saturated carbocycles. The predicted octanol–water partition coefficient (Wildman–Crippen LogP) is 3.33. The highest BCUT2D eigenvalue weighted by Crippen LogP contribution is 2.29. The number of hydrogen-bond donors (Lipinski definition) is 1. The lowest BCUT2D eigenvalue weighted by atomic mass is 10.1. The molecule has 0 aliphatic heterocycles. The molecule has 140 valence electrons. The van der Waals surface area contributed by atoms with Crippen LogP contribution in [0.25, 0.3) is 0 Å². The van der Waals surface area contributed by atoms with Crippen molar-refractivity contribution in [3.05, 3.63) is 74.6 Å². The van der Waals surface area contributed by atoms with Crippen LogP contribution in [-0.4, -0.2) is 20.7 Å². The molecule has 10 heteroatoms. The van der Waals surface area contributed by atoms with Crippen LogP contribution in [0.5, 0.6) is 0 Å². The van der Waals surface area contributed by atoms with E-state index in [0.29, 0.717) is 10.6 Å². The third kappa shape index (κ3) is 4.40. The molecule has 27 heavy (non-hydrogen) atoms. The number of alkyl halides is 3. The highest BCUT2D eigenvalue weighted by atomic mass is 32.1. The summed E-state index contributed by atoms with van der Waals surface area (Å²) >= 11 is 1.16. The second-order valence-electron chi connectivity index (χ2n) is 5.63. The summed E-state index contributed by atoms with van der Waals surface area (Å²) in [5.74, 6) is -0.658. The number of aromatic nitrogens is 3. The number of rotatable bonds is 4. The Balaban J connectivity index is 1.85. The van der Waals surface area contributed by atoms with Crippen LogP contribution >= 0.6 is 11.3 Å². The van der Waals surface area contributed by atoms with Crippen molar-refractivity contribution >= 4 is 22.4 Å². The Bertz CT molecular complexity index is 1040. The average Bonchev–Trinajstić information content (AvgIpc) is 3.01. The number of nitrogens with zero attached hydrogens (tertiary/aromatic N) is 3. The Kier molecular flexibility index (Phi) is 5.08. The third-order valence-electron chi connectivity index (χ3n) is 3.62. The van der Waals surface area contributed by atoms with Crippen molar-refractivity contribution in [2.45, 2.75) is 19.6 Å². The first-order valence-electron chi connectivity index (χ1n) is 7.71. The van der Waals surface area contributed by atoms with E-state index in [2.05, 4.69) is 15.5 Å². The van der Waals surface area contributed by atoms with Gasteiger partial charge in [-0.15, -0.1) is 10.2 Å². The van der Waals surface area contributed by atoms with E-state index < -0.39 is 23.2 Å². The van der Waals surface area contributed by atoms with Gasteiger partial charge in [-0.2, -0.15) is 13.2 Å². The molecular formula is C17H13F3N4O2S. The number of hydrogen-bond acceptors (Lipinski definition) is 5. The standard InChI is InChI=1S/C17H13F3N4O2S/c1-10-22-23-16(27-10)21-14(25)13-6-3-7-24(15(13)26)9-11-4-2-5-12(8-11)17(18,19)20/h2-8H,9H2,1H3,(H,21,23,25). The van der Waals surface area contributed by atoms with Crippen LogP contribution in [0.15, 0.2) is 47.4 Å². The van der Waals surface area contributed by atoms with Gasteiger partial charge in [0, 0.05) is 6.20 Å². The fourth-order valence-corrected chi connectivity index (χ4v) is 2.98. The summed E-state index contributed by atoms with van der Waals surface area (Å²) in [5, 5.41) is 10.9. The molecule has 2 aromatic heterocycles. The molecule has 0 spiro atoms. The minimum atomic E-state index is -4.47. The fourth-order valence-electron chi connectivity index (χ4n) is 2.39. The van der Waals surface area contributed by atoms with E-state index in [1.165, 1.54) is 35.0 Å². The van der Waals surface area contributed by atoms with Gasteiger partial charge in [-0.05, 0) is 36.8 Å². The van der Waals surface area contributed by atoms with Crippen molar-refractivity contribution < 1.29 is 18.0 Å². The van der Waals surface area contributed by atoms with Gasteiger partial charge in [0.25, 0.3) is 11.5 Å². The van der Waals surface area contributed by atoms with Crippen molar-refractivity contribution in [3.63, 3.8) is 0 Å². The second-order valence-corrected chi connectivity index (χ2v) is 6.82. The van der Waals surface area contributed by atoms with Gasteiger partial charge in [0.15, 0.2) is 0 Å². The molecule has 0 unspecified atom stereocenters. The van der Waals surface area contributed by atoms with Crippen molar-refractivity contribution in [3.8, 4) is 0 Å². The van der Waals surface area contributed by atoms with Crippen molar-refractivity contribution in [1.29, 1.82) is 0 Å². The van der Waals surface area contributed by atoms with E-state index in [9.17, 15) is 22.8 Å². The highest BCUT2D eigenvalue weighted by Gasteiger charge is 2.30. The number of amides is 1. The van der Waals surface area contributed by atoms with Gasteiger partial charge in [-0.25, -0.2) is 0 Å². The number of carbonyl (C=O) groups is 1. The Hall–Kier alpha value is -3.01. The molecule has 1 aromatic carbocycles. The predicted molar refractivity (Wildman–Crippen MR) is 93.8 cm³/mol. The zero-order valence-electron chi connectivity index (χ0n) is 13.9. The van der Waals surface area contributed by atoms with Gasteiger partial charge >= 0.3 is 6.18 Å². The van der Waals surface area contributed by atoms with Gasteiger partial charge in [-0.3, -0.25) is 14.9 Å². The lowest BCUT2D eigenvalue weighted by molar-refractivity contribution is -0.137. The summed E-state index contributed by atoms with van der Waals surface area (Å²) in [7, 11) is 0. The van der Waals surface area contributed by atoms with E-state index in [-0.39, 0.29) is 17.2 Å². The maximum Gasteiger partial charge on any atom is 0.416 e. The summed E-state index contributed by atoms with van der Waals surface area (Å²) in [6.45, 7) is 1.62. The molecule has 2 heterocycles. The summed E-state index contributed by atoms with van der Waals surface area (Å²) in [6, 6.07) is 7.52. The highest BCUT2D eigenvalue weighted by molar-refractivity contribution is 7.15. The quantitative estimate of drug-likeness (QED) is 0.737. The molecule has 3 rings (SSSR count). The molecule has 0 fully saturated rings. The van der Waals surface area contributed by atoms with Gasteiger partial charge in [0.2, 0.25) is 5.13 Å². The minimum absolute atomic E-state index is 0.0954. The van der Waals surface area contributed by atoms with Crippen molar-refractivity contribution in [1.82, 2.24) is 14.8 Å². The zero-order valence-corrected chi connectivity index (χ0v) is 14.8. The van der Waals surface area contributed by atoms with Gasteiger partial charge in [0.05, 0.1) is 12.1 Å². The molecular weight excluding hydrogens is 381 g/mol. The number of benzene rings is 1. The minimum Gasteiger partial charge on any atom is -0.310 e. The molecule has 1 amide bonds. The number of nitrogens with one attached hydrogen (secondary N) is 1. The van der Waals surface area contributed by atoms with Crippen LogP contribution in [0.1, 0.15) is 26.5 Å². The van der Waals surface area contributed by atoms with Crippen LogP contribution in [0, 0.1) is 6.92 Å². The molecule has 3 aromatic rings.